The zero-order valence-corrected chi connectivity index (χ0v) is 21.1. The molecule has 40 heavy (non-hydrogen) atoms. The molecule has 0 saturated carbocycles. The van der Waals surface area contributed by atoms with Crippen molar-refractivity contribution in [2.45, 2.75) is 25.7 Å². The number of ether oxygens (including phenoxy) is 2. The van der Waals surface area contributed by atoms with Gasteiger partial charge in [-0.05, 0) is 48.4 Å². The first kappa shape index (κ1) is 27.9. The van der Waals surface area contributed by atoms with Crippen LogP contribution in [0, 0.1) is 11.3 Å². The molecule has 1 heterocycles. The Balaban J connectivity index is 1.64. The third-order valence-corrected chi connectivity index (χ3v) is 6.07. The summed E-state index contributed by atoms with van der Waals surface area (Å²) in [5.41, 5.74) is 0.253. The number of amides is 2. The summed E-state index contributed by atoms with van der Waals surface area (Å²) >= 11 is 0. The van der Waals surface area contributed by atoms with Crippen LogP contribution in [0.4, 0.5) is 23.7 Å². The lowest BCUT2D eigenvalue weighted by molar-refractivity contribution is -0.157. The number of nitriles is 1. The van der Waals surface area contributed by atoms with Crippen LogP contribution in [0.3, 0.4) is 0 Å². The van der Waals surface area contributed by atoms with E-state index in [-0.39, 0.29) is 23.6 Å². The van der Waals surface area contributed by atoms with E-state index in [1.165, 1.54) is 37.3 Å². The lowest BCUT2D eigenvalue weighted by Crippen LogP contribution is -2.48. The molecule has 3 aromatic carbocycles. The number of hydrogen-bond acceptors (Lipinski definition) is 6. The Kier molecular flexibility index (Phi) is 8.19. The monoisotopic (exact) mass is 549 g/mol. The highest BCUT2D eigenvalue weighted by Crippen LogP contribution is 2.37. The molecule has 0 aromatic heterocycles. The van der Waals surface area contributed by atoms with E-state index in [0.717, 1.165) is 28.7 Å². The Bertz CT molecular complexity index is 1500. The lowest BCUT2D eigenvalue weighted by atomic mass is 9.94. The van der Waals surface area contributed by atoms with Gasteiger partial charge in [-0.3, -0.25) is 4.90 Å². The molecule has 1 unspecified atom stereocenters. The van der Waals surface area contributed by atoms with E-state index in [2.05, 4.69) is 5.32 Å². The number of carbonyl (C=O) groups excluding carboxylic acids is 3. The summed E-state index contributed by atoms with van der Waals surface area (Å²) in [7, 11) is 0. The van der Waals surface area contributed by atoms with Crippen LogP contribution >= 0.6 is 0 Å². The molecule has 204 valence electrons. The van der Waals surface area contributed by atoms with E-state index in [0.29, 0.717) is 11.1 Å². The van der Waals surface area contributed by atoms with Gasteiger partial charge in [0.05, 0.1) is 34.5 Å². The molecule has 8 nitrogen and oxygen atoms in total. The van der Waals surface area contributed by atoms with Gasteiger partial charge in [-0.15, -0.1) is 0 Å². The minimum absolute atomic E-state index is 0.0000807. The highest BCUT2D eigenvalue weighted by Gasteiger charge is 2.38. The van der Waals surface area contributed by atoms with E-state index < -0.39 is 42.4 Å². The third-order valence-electron chi connectivity index (χ3n) is 6.07. The zero-order chi connectivity index (χ0) is 28.9. The summed E-state index contributed by atoms with van der Waals surface area (Å²) in [6.07, 6.45) is -4.66. The van der Waals surface area contributed by atoms with Crippen LogP contribution in [0.2, 0.25) is 0 Å². The summed E-state index contributed by atoms with van der Waals surface area (Å²) in [6.45, 7) is 0.617. The maximum Gasteiger partial charge on any atom is 0.416 e. The van der Waals surface area contributed by atoms with Crippen LogP contribution in [0.25, 0.3) is 0 Å². The normalized spacial score (nSPS) is 15.2. The summed E-state index contributed by atoms with van der Waals surface area (Å²) < 4.78 is 50.4. The Labute approximate surface area is 227 Å². The standard InChI is InChI=1S/C29H22F3N3O5/c1-18-25(27(37)40-17-24(36)39-16-20-6-3-2-4-7-20)26(21-12-10-19(15-33)11-13-21)34-28(38)35(18)23-9-5-8-22(14-23)29(30,31)32/h2-14,26H,16-17H2,1H3,(H,34,38). The number of esters is 2. The van der Waals surface area contributed by atoms with Gasteiger partial charge in [-0.25, -0.2) is 14.4 Å². The SMILES string of the molecule is CC1=C(C(=O)OCC(=O)OCc2ccccc2)C(c2ccc(C#N)cc2)NC(=O)N1c1cccc(C(F)(F)F)c1. The average molecular weight is 550 g/mol. The van der Waals surface area contributed by atoms with Gasteiger partial charge in [0.25, 0.3) is 0 Å². The summed E-state index contributed by atoms with van der Waals surface area (Å²) in [4.78, 5) is 39.6. The quantitative estimate of drug-likeness (QED) is 0.395. The predicted molar refractivity (Wildman–Crippen MR) is 136 cm³/mol. The van der Waals surface area contributed by atoms with Crippen LogP contribution in [0.15, 0.2) is 90.1 Å². The molecule has 0 spiro atoms. The Morgan fingerprint density at radius 3 is 2.35 bits per heavy atom. The van der Waals surface area contributed by atoms with Gasteiger partial charge in [0, 0.05) is 5.70 Å². The molecule has 11 heteroatoms. The average Bonchev–Trinajstić information content (AvgIpc) is 2.95. The number of rotatable bonds is 7. The van der Waals surface area contributed by atoms with E-state index in [4.69, 9.17) is 14.7 Å². The second kappa shape index (κ2) is 11.7. The molecular formula is C29H22F3N3O5. The number of urea groups is 1. The fraction of sp³-hybridized carbons (Fsp3) is 0.172. The van der Waals surface area contributed by atoms with Crippen molar-refractivity contribution in [3.8, 4) is 6.07 Å². The lowest BCUT2D eigenvalue weighted by Gasteiger charge is -2.35. The number of hydrogen-bond donors (Lipinski definition) is 1. The fourth-order valence-corrected chi connectivity index (χ4v) is 4.12. The van der Waals surface area contributed by atoms with Crippen molar-refractivity contribution < 1.29 is 37.0 Å². The minimum atomic E-state index is -4.66. The van der Waals surface area contributed by atoms with Crippen molar-refractivity contribution >= 4 is 23.7 Å². The summed E-state index contributed by atoms with van der Waals surface area (Å²) in [5.74, 6) is -1.81. The first-order valence-corrected chi connectivity index (χ1v) is 11.9. The van der Waals surface area contributed by atoms with Gasteiger partial charge >= 0.3 is 24.1 Å². The number of anilines is 1. The highest BCUT2D eigenvalue weighted by atomic mass is 19.4. The van der Waals surface area contributed by atoms with Crippen LogP contribution in [0.1, 0.15) is 35.2 Å². The topological polar surface area (TPSA) is 109 Å². The molecule has 1 aliphatic heterocycles. The van der Waals surface area contributed by atoms with Crippen molar-refractivity contribution in [3.05, 3.63) is 112 Å². The van der Waals surface area contributed by atoms with Crippen LogP contribution in [-0.4, -0.2) is 24.6 Å². The zero-order valence-electron chi connectivity index (χ0n) is 21.1. The van der Waals surface area contributed by atoms with Crippen molar-refractivity contribution in [1.29, 1.82) is 5.26 Å². The van der Waals surface area contributed by atoms with Gasteiger partial charge in [0.2, 0.25) is 0 Å². The number of nitrogens with one attached hydrogen (secondary N) is 1. The molecule has 1 N–H and O–H groups in total. The van der Waals surface area contributed by atoms with Gasteiger partial charge in [0.1, 0.15) is 6.61 Å². The van der Waals surface area contributed by atoms with E-state index in [9.17, 15) is 27.6 Å². The molecule has 3 aromatic rings. The van der Waals surface area contributed by atoms with E-state index >= 15 is 0 Å². The van der Waals surface area contributed by atoms with Gasteiger partial charge in [-0.1, -0.05) is 48.5 Å². The molecular weight excluding hydrogens is 527 g/mol. The van der Waals surface area contributed by atoms with Gasteiger partial charge < -0.3 is 14.8 Å². The van der Waals surface area contributed by atoms with E-state index in [1.54, 1.807) is 30.3 Å². The predicted octanol–water partition coefficient (Wildman–Crippen LogP) is 5.41. The number of alkyl halides is 3. The summed E-state index contributed by atoms with van der Waals surface area (Å²) in [6, 6.07) is 19.1. The van der Waals surface area contributed by atoms with Crippen molar-refractivity contribution in [3.63, 3.8) is 0 Å². The molecule has 0 fully saturated rings. The van der Waals surface area contributed by atoms with Crippen molar-refractivity contribution in [1.82, 2.24) is 5.32 Å². The van der Waals surface area contributed by atoms with Gasteiger partial charge in [-0.2, -0.15) is 18.4 Å². The van der Waals surface area contributed by atoms with E-state index in [1.807, 2.05) is 6.07 Å². The van der Waals surface area contributed by atoms with Crippen molar-refractivity contribution in [2.24, 2.45) is 0 Å². The van der Waals surface area contributed by atoms with Crippen LogP contribution in [0.5, 0.6) is 0 Å². The fourth-order valence-electron chi connectivity index (χ4n) is 4.12. The Hall–Kier alpha value is -5.11. The Morgan fingerprint density at radius 2 is 1.70 bits per heavy atom. The molecule has 1 atom stereocenters. The highest BCUT2D eigenvalue weighted by molar-refractivity contribution is 6.03. The minimum Gasteiger partial charge on any atom is -0.458 e. The number of benzene rings is 3. The first-order valence-electron chi connectivity index (χ1n) is 11.9. The second-order valence-electron chi connectivity index (χ2n) is 8.72. The molecule has 1 aliphatic rings. The molecule has 0 radical (unpaired) electrons. The van der Waals surface area contributed by atoms with Crippen LogP contribution < -0.4 is 10.2 Å². The third kappa shape index (κ3) is 6.30. The molecule has 0 saturated heterocycles. The summed E-state index contributed by atoms with van der Waals surface area (Å²) in [5, 5.41) is 11.7. The first-order chi connectivity index (χ1) is 19.1. The maximum absolute atomic E-state index is 13.4. The Morgan fingerprint density at radius 1 is 1.00 bits per heavy atom. The van der Waals surface area contributed by atoms with Crippen LogP contribution in [-0.2, 0) is 31.8 Å². The largest absolute Gasteiger partial charge is 0.458 e. The molecule has 2 amide bonds. The molecule has 4 rings (SSSR count). The molecule has 0 aliphatic carbocycles. The number of allylic oxidation sites excluding steroid dienone is 1. The number of nitrogens with zero attached hydrogens (tertiary/aromatic N) is 2. The van der Waals surface area contributed by atoms with Gasteiger partial charge in [0.15, 0.2) is 6.61 Å². The molecule has 0 bridgehead atoms. The maximum atomic E-state index is 13.4. The number of halogens is 3. The van der Waals surface area contributed by atoms with Crippen molar-refractivity contribution in [2.75, 3.05) is 11.5 Å². The smallest absolute Gasteiger partial charge is 0.416 e. The second-order valence-corrected chi connectivity index (χ2v) is 8.72. The number of carbonyl (C=O) groups is 3.